The van der Waals surface area contributed by atoms with Gasteiger partial charge in [0.25, 0.3) is 0 Å². The molecule has 3 aliphatic rings. The van der Waals surface area contributed by atoms with Gasteiger partial charge in [-0.25, -0.2) is 9.66 Å². The van der Waals surface area contributed by atoms with Gasteiger partial charge in [0.15, 0.2) is 5.82 Å². The van der Waals surface area contributed by atoms with Crippen LogP contribution in [-0.2, 0) is 0 Å². The summed E-state index contributed by atoms with van der Waals surface area (Å²) in [7, 11) is 0. The van der Waals surface area contributed by atoms with E-state index >= 15 is 0 Å². The number of hydrogen-bond donors (Lipinski definition) is 1. The van der Waals surface area contributed by atoms with Crippen LogP contribution >= 0.6 is 0 Å². The number of piperidine rings is 1. The van der Waals surface area contributed by atoms with E-state index in [1.807, 2.05) is 0 Å². The Hall–Kier alpha value is -3.31. The lowest BCUT2D eigenvalue weighted by atomic mass is 9.93. The lowest BCUT2D eigenvalue weighted by molar-refractivity contribution is 0.208. The molecular formula is C29H31N5. The number of imidazole rings is 1. The van der Waals surface area contributed by atoms with Gasteiger partial charge in [-0.3, -0.25) is 0 Å². The van der Waals surface area contributed by atoms with Crippen LogP contribution in [0.15, 0.2) is 72.8 Å². The summed E-state index contributed by atoms with van der Waals surface area (Å²) >= 11 is 0. The predicted octanol–water partition coefficient (Wildman–Crippen LogP) is 5.41. The number of benzene rings is 3. The second-order valence-electron chi connectivity index (χ2n) is 9.97. The van der Waals surface area contributed by atoms with Crippen LogP contribution in [0.25, 0.3) is 22.4 Å². The van der Waals surface area contributed by atoms with E-state index in [4.69, 9.17) is 4.98 Å². The van der Waals surface area contributed by atoms with Crippen LogP contribution in [0.3, 0.4) is 0 Å². The third-order valence-electron chi connectivity index (χ3n) is 8.03. The summed E-state index contributed by atoms with van der Waals surface area (Å²) in [5, 5.41) is 0. The van der Waals surface area contributed by atoms with Gasteiger partial charge in [-0.2, -0.15) is 0 Å². The van der Waals surface area contributed by atoms with E-state index in [0.29, 0.717) is 0 Å². The Labute approximate surface area is 201 Å². The normalized spacial score (nSPS) is 20.8. The van der Waals surface area contributed by atoms with E-state index < -0.39 is 0 Å². The number of fused-ring (bicyclic) bond motifs is 5. The fourth-order valence-electron chi connectivity index (χ4n) is 6.22. The standard InChI is InChI=1S/C29H31N5/c1-2-8-21(9-3-1)28-24-10-4-5-11-25(24)29-30-26-13-12-23(20-27(26)34(29)31-28)33-18-14-22(15-19-33)32-16-6-7-17-32/h1-5,8-13,20,22,28,31H,6-7,14-19H2. The fraction of sp³-hybridized carbons (Fsp3) is 0.345. The molecule has 1 aromatic heterocycles. The highest BCUT2D eigenvalue weighted by atomic mass is 15.5. The van der Waals surface area contributed by atoms with Crippen molar-refractivity contribution in [3.05, 3.63) is 83.9 Å². The maximum Gasteiger partial charge on any atom is 0.159 e. The van der Waals surface area contributed by atoms with Gasteiger partial charge in [0.1, 0.15) is 0 Å². The third kappa shape index (κ3) is 3.30. The van der Waals surface area contributed by atoms with Gasteiger partial charge in [0.05, 0.1) is 17.1 Å². The van der Waals surface area contributed by atoms with Crippen LogP contribution in [0.1, 0.15) is 42.9 Å². The second kappa shape index (κ2) is 8.17. The third-order valence-corrected chi connectivity index (χ3v) is 8.03. The summed E-state index contributed by atoms with van der Waals surface area (Å²) in [5.41, 5.74) is 11.1. The number of aromatic nitrogens is 2. The number of likely N-dealkylation sites (tertiary alicyclic amines) is 1. The van der Waals surface area contributed by atoms with E-state index in [-0.39, 0.29) is 6.04 Å². The van der Waals surface area contributed by atoms with Crippen LogP contribution in [0.5, 0.6) is 0 Å². The quantitative estimate of drug-likeness (QED) is 0.453. The molecule has 0 radical (unpaired) electrons. The molecule has 0 amide bonds. The zero-order valence-electron chi connectivity index (χ0n) is 19.5. The molecule has 1 unspecified atom stereocenters. The highest BCUT2D eigenvalue weighted by Gasteiger charge is 2.29. The maximum atomic E-state index is 5.05. The van der Waals surface area contributed by atoms with Gasteiger partial charge in [-0.15, -0.1) is 0 Å². The van der Waals surface area contributed by atoms with Gasteiger partial charge in [-0.05, 0) is 68.1 Å². The highest BCUT2D eigenvalue weighted by molar-refractivity contribution is 5.86. The zero-order valence-corrected chi connectivity index (χ0v) is 19.5. The molecule has 7 rings (SSSR count). The van der Waals surface area contributed by atoms with Crippen LogP contribution in [0.4, 0.5) is 5.69 Å². The minimum atomic E-state index is 0.0992. The summed E-state index contributed by atoms with van der Waals surface area (Å²) in [6.45, 7) is 4.87. The Kier molecular flexibility index (Phi) is 4.83. The Morgan fingerprint density at radius 2 is 1.56 bits per heavy atom. The van der Waals surface area contributed by atoms with E-state index in [9.17, 15) is 0 Å². The molecule has 3 aliphatic heterocycles. The molecule has 5 nitrogen and oxygen atoms in total. The van der Waals surface area contributed by atoms with E-state index in [0.717, 1.165) is 36.0 Å². The fourth-order valence-corrected chi connectivity index (χ4v) is 6.22. The van der Waals surface area contributed by atoms with Crippen molar-refractivity contribution in [2.24, 2.45) is 0 Å². The molecule has 172 valence electrons. The minimum Gasteiger partial charge on any atom is -0.371 e. The average molecular weight is 450 g/mol. The second-order valence-corrected chi connectivity index (χ2v) is 9.97. The molecule has 0 saturated carbocycles. The summed E-state index contributed by atoms with van der Waals surface area (Å²) in [5.74, 6) is 1.00. The number of rotatable bonds is 3. The first-order valence-corrected chi connectivity index (χ1v) is 12.8. The molecule has 0 spiro atoms. The van der Waals surface area contributed by atoms with Crippen LogP contribution in [-0.4, -0.2) is 46.8 Å². The van der Waals surface area contributed by atoms with Crippen molar-refractivity contribution < 1.29 is 0 Å². The number of nitrogens with zero attached hydrogens (tertiary/aromatic N) is 4. The lowest BCUT2D eigenvalue weighted by Crippen LogP contribution is -2.43. The summed E-state index contributed by atoms with van der Waals surface area (Å²) in [6, 6.07) is 27.1. The topological polar surface area (TPSA) is 36.3 Å². The molecule has 2 fully saturated rings. The molecule has 5 heteroatoms. The van der Waals surface area contributed by atoms with Crippen molar-refractivity contribution in [1.82, 2.24) is 14.6 Å². The minimum absolute atomic E-state index is 0.0992. The van der Waals surface area contributed by atoms with Crippen molar-refractivity contribution in [2.75, 3.05) is 36.5 Å². The molecule has 0 bridgehead atoms. The Balaban J connectivity index is 1.23. The molecule has 4 aromatic rings. The first-order valence-electron chi connectivity index (χ1n) is 12.8. The van der Waals surface area contributed by atoms with Crippen molar-refractivity contribution in [3.63, 3.8) is 0 Å². The summed E-state index contributed by atoms with van der Waals surface area (Å²) in [4.78, 5) is 10.3. The van der Waals surface area contributed by atoms with Crippen LogP contribution in [0, 0.1) is 0 Å². The molecule has 34 heavy (non-hydrogen) atoms. The van der Waals surface area contributed by atoms with Gasteiger partial charge in [0.2, 0.25) is 0 Å². The predicted molar refractivity (Wildman–Crippen MR) is 139 cm³/mol. The van der Waals surface area contributed by atoms with Crippen molar-refractivity contribution >= 4 is 16.7 Å². The summed E-state index contributed by atoms with van der Waals surface area (Å²) < 4.78 is 2.22. The first kappa shape index (κ1) is 20.1. The molecular weight excluding hydrogens is 418 g/mol. The molecule has 4 heterocycles. The average Bonchev–Trinajstić information content (AvgIpc) is 3.57. The zero-order chi connectivity index (χ0) is 22.5. The maximum absolute atomic E-state index is 5.05. The van der Waals surface area contributed by atoms with Gasteiger partial charge < -0.3 is 15.2 Å². The van der Waals surface area contributed by atoms with Gasteiger partial charge in [0, 0.05) is 30.4 Å². The Morgan fingerprint density at radius 3 is 2.38 bits per heavy atom. The Bertz CT molecular complexity index is 1310. The largest absolute Gasteiger partial charge is 0.371 e. The van der Waals surface area contributed by atoms with Gasteiger partial charge in [-0.1, -0.05) is 54.6 Å². The number of anilines is 1. The van der Waals surface area contributed by atoms with E-state index in [1.165, 1.54) is 61.2 Å². The van der Waals surface area contributed by atoms with Crippen molar-refractivity contribution in [1.29, 1.82) is 0 Å². The van der Waals surface area contributed by atoms with Crippen LogP contribution in [0.2, 0.25) is 0 Å². The van der Waals surface area contributed by atoms with Gasteiger partial charge >= 0.3 is 0 Å². The SMILES string of the molecule is c1ccc(C2Nn3c(nc4ccc(N5CCC(N6CCCC6)CC5)cc43)-c3ccccc32)cc1. The first-order chi connectivity index (χ1) is 16.8. The lowest BCUT2D eigenvalue weighted by Gasteiger charge is -2.37. The van der Waals surface area contributed by atoms with Crippen LogP contribution < -0.4 is 10.3 Å². The van der Waals surface area contributed by atoms with E-state index in [1.54, 1.807) is 0 Å². The van der Waals surface area contributed by atoms with E-state index in [2.05, 4.69) is 92.7 Å². The molecule has 2 saturated heterocycles. The molecule has 1 atom stereocenters. The molecule has 0 aliphatic carbocycles. The molecule has 1 N–H and O–H groups in total. The van der Waals surface area contributed by atoms with Crippen molar-refractivity contribution in [3.8, 4) is 11.4 Å². The number of nitrogens with one attached hydrogen (secondary N) is 1. The highest BCUT2D eigenvalue weighted by Crippen LogP contribution is 2.39. The summed E-state index contributed by atoms with van der Waals surface area (Å²) in [6.07, 6.45) is 5.29. The Morgan fingerprint density at radius 1 is 0.794 bits per heavy atom. The molecule has 3 aromatic carbocycles. The smallest absolute Gasteiger partial charge is 0.159 e. The monoisotopic (exact) mass is 449 g/mol. The number of hydrogen-bond acceptors (Lipinski definition) is 4. The van der Waals surface area contributed by atoms with Crippen molar-refractivity contribution in [2.45, 2.75) is 37.8 Å².